The first-order valence-corrected chi connectivity index (χ1v) is 7.43. The predicted molar refractivity (Wildman–Crippen MR) is 71.7 cm³/mol. The van der Waals surface area contributed by atoms with E-state index in [2.05, 4.69) is 17.1 Å². The number of rotatable bonds is 10. The minimum atomic E-state index is -0.687. The fraction of sp³-hybridized carbons (Fsp3) is 0.929. The molecule has 2 saturated carbocycles. The van der Waals surface area contributed by atoms with Crippen LogP contribution in [-0.2, 0) is 4.79 Å². The van der Waals surface area contributed by atoms with E-state index in [4.69, 9.17) is 0 Å². The summed E-state index contributed by atoms with van der Waals surface area (Å²) in [6, 6.07) is 0.864. The smallest absolute Gasteiger partial charge is 0.320 e. The number of aliphatic carboxylic acids is 1. The van der Waals surface area contributed by atoms with Crippen LogP contribution in [0.2, 0.25) is 0 Å². The third-order valence-electron chi connectivity index (χ3n) is 3.88. The van der Waals surface area contributed by atoms with Crippen LogP contribution in [0, 0.1) is 0 Å². The van der Waals surface area contributed by atoms with E-state index in [1.54, 1.807) is 0 Å². The van der Waals surface area contributed by atoms with E-state index in [0.29, 0.717) is 6.04 Å². The third-order valence-corrected chi connectivity index (χ3v) is 3.88. The number of unbranched alkanes of at least 4 members (excludes halogenated alkanes) is 1. The van der Waals surface area contributed by atoms with Gasteiger partial charge < -0.3 is 15.3 Å². The molecule has 0 aromatic carbocycles. The summed E-state index contributed by atoms with van der Waals surface area (Å²) < 4.78 is 0. The molecule has 0 aromatic heterocycles. The van der Waals surface area contributed by atoms with Crippen LogP contribution < -0.4 is 5.32 Å². The molecular weight excluding hydrogens is 228 g/mol. The molecule has 0 saturated heterocycles. The zero-order valence-electron chi connectivity index (χ0n) is 11.4. The monoisotopic (exact) mass is 254 g/mol. The quantitative estimate of drug-likeness (QED) is 0.624. The lowest BCUT2D eigenvalue weighted by atomic mass is 10.2. The van der Waals surface area contributed by atoms with E-state index in [-0.39, 0.29) is 6.04 Å². The first-order valence-electron chi connectivity index (χ1n) is 7.43. The van der Waals surface area contributed by atoms with Gasteiger partial charge in [0, 0.05) is 18.6 Å². The molecule has 0 spiro atoms. The summed E-state index contributed by atoms with van der Waals surface area (Å²) in [6.45, 7) is 4.28. The number of nitrogens with zero attached hydrogens (tertiary/aromatic N) is 1. The summed E-state index contributed by atoms with van der Waals surface area (Å²) in [5.41, 5.74) is 0. The number of hydrogen-bond acceptors (Lipinski definition) is 3. The Balaban J connectivity index is 1.72. The van der Waals surface area contributed by atoms with Gasteiger partial charge in [0.15, 0.2) is 0 Å². The lowest BCUT2D eigenvalue weighted by Crippen LogP contribution is -2.41. The van der Waals surface area contributed by atoms with Crippen LogP contribution in [0.1, 0.15) is 51.9 Å². The maximum atomic E-state index is 11.2. The summed E-state index contributed by atoms with van der Waals surface area (Å²) in [5.74, 6) is -0.687. The van der Waals surface area contributed by atoms with Gasteiger partial charge in [-0.05, 0) is 45.1 Å². The van der Waals surface area contributed by atoms with Crippen LogP contribution in [0.5, 0.6) is 0 Å². The molecule has 0 bridgehead atoms. The number of hydrogen-bond donors (Lipinski definition) is 2. The van der Waals surface area contributed by atoms with Gasteiger partial charge in [0.25, 0.3) is 0 Å². The lowest BCUT2D eigenvalue weighted by molar-refractivity contribution is -0.139. The largest absolute Gasteiger partial charge is 0.480 e. The average Bonchev–Trinajstić information content (AvgIpc) is 3.20. The van der Waals surface area contributed by atoms with E-state index in [1.807, 2.05) is 0 Å². The standard InChI is InChI=1S/C14H26N2O2/c1-2-3-9-16(12-6-7-12)10-8-13(14(17)18)15-11-4-5-11/h11-13,15H,2-10H2,1H3,(H,17,18). The minimum Gasteiger partial charge on any atom is -0.480 e. The topological polar surface area (TPSA) is 52.6 Å². The van der Waals surface area contributed by atoms with Crippen LogP contribution >= 0.6 is 0 Å². The lowest BCUT2D eigenvalue weighted by Gasteiger charge is -2.24. The molecule has 4 heteroatoms. The van der Waals surface area contributed by atoms with Gasteiger partial charge in [-0.1, -0.05) is 13.3 Å². The maximum Gasteiger partial charge on any atom is 0.320 e. The first-order chi connectivity index (χ1) is 8.70. The average molecular weight is 254 g/mol. The zero-order chi connectivity index (χ0) is 13.0. The van der Waals surface area contributed by atoms with E-state index < -0.39 is 5.97 Å². The molecule has 104 valence electrons. The van der Waals surface area contributed by atoms with Crippen LogP contribution in [-0.4, -0.2) is 47.2 Å². The summed E-state index contributed by atoms with van der Waals surface area (Å²) in [7, 11) is 0. The molecule has 2 N–H and O–H groups in total. The highest BCUT2D eigenvalue weighted by Gasteiger charge is 2.31. The van der Waals surface area contributed by atoms with Crippen molar-refractivity contribution >= 4 is 5.97 Å². The van der Waals surface area contributed by atoms with Crippen molar-refractivity contribution < 1.29 is 9.90 Å². The molecular formula is C14H26N2O2. The van der Waals surface area contributed by atoms with E-state index in [1.165, 1.54) is 25.7 Å². The van der Waals surface area contributed by atoms with Crippen molar-refractivity contribution in [3.8, 4) is 0 Å². The summed E-state index contributed by atoms with van der Waals surface area (Å²) >= 11 is 0. The van der Waals surface area contributed by atoms with Crippen LogP contribution in [0.4, 0.5) is 0 Å². The Bertz CT molecular complexity index is 275. The Morgan fingerprint density at radius 3 is 2.56 bits per heavy atom. The van der Waals surface area contributed by atoms with E-state index in [0.717, 1.165) is 38.4 Å². The van der Waals surface area contributed by atoms with Crippen molar-refractivity contribution in [1.29, 1.82) is 0 Å². The van der Waals surface area contributed by atoms with Crippen molar-refractivity contribution in [2.75, 3.05) is 13.1 Å². The highest BCUT2D eigenvalue weighted by Crippen LogP contribution is 2.27. The fourth-order valence-electron chi connectivity index (χ4n) is 2.39. The van der Waals surface area contributed by atoms with Crippen LogP contribution in [0.3, 0.4) is 0 Å². The Labute approximate surface area is 110 Å². The third kappa shape index (κ3) is 4.58. The molecule has 0 aliphatic heterocycles. The second-order valence-electron chi connectivity index (χ2n) is 5.74. The Hall–Kier alpha value is -0.610. The number of carboxylic acid groups (broad SMARTS) is 1. The molecule has 2 aliphatic rings. The normalized spacial score (nSPS) is 21.2. The van der Waals surface area contributed by atoms with Crippen molar-refractivity contribution in [1.82, 2.24) is 10.2 Å². The molecule has 2 aliphatic carbocycles. The van der Waals surface area contributed by atoms with Gasteiger partial charge in [0.05, 0.1) is 0 Å². The fourth-order valence-corrected chi connectivity index (χ4v) is 2.39. The zero-order valence-corrected chi connectivity index (χ0v) is 11.4. The van der Waals surface area contributed by atoms with Gasteiger partial charge >= 0.3 is 5.97 Å². The van der Waals surface area contributed by atoms with Gasteiger partial charge in [-0.2, -0.15) is 0 Å². The number of nitrogens with one attached hydrogen (secondary N) is 1. The molecule has 1 unspecified atom stereocenters. The summed E-state index contributed by atoms with van der Waals surface area (Å²) in [4.78, 5) is 13.7. The molecule has 1 atom stereocenters. The molecule has 2 fully saturated rings. The molecule has 0 aromatic rings. The van der Waals surface area contributed by atoms with Gasteiger partial charge in [0.1, 0.15) is 6.04 Å². The van der Waals surface area contributed by atoms with Gasteiger partial charge in [-0.25, -0.2) is 0 Å². The number of carbonyl (C=O) groups is 1. The molecule has 0 radical (unpaired) electrons. The highest BCUT2D eigenvalue weighted by atomic mass is 16.4. The molecule has 18 heavy (non-hydrogen) atoms. The van der Waals surface area contributed by atoms with Crippen LogP contribution in [0.15, 0.2) is 0 Å². The molecule has 0 amide bonds. The molecule has 0 heterocycles. The van der Waals surface area contributed by atoms with Gasteiger partial charge in [0.2, 0.25) is 0 Å². The van der Waals surface area contributed by atoms with Crippen molar-refractivity contribution in [2.24, 2.45) is 0 Å². The Morgan fingerprint density at radius 1 is 1.33 bits per heavy atom. The predicted octanol–water partition coefficient (Wildman–Crippen LogP) is 1.85. The highest BCUT2D eigenvalue weighted by molar-refractivity contribution is 5.73. The van der Waals surface area contributed by atoms with Gasteiger partial charge in [-0.3, -0.25) is 4.79 Å². The second-order valence-corrected chi connectivity index (χ2v) is 5.74. The Kier molecular flexibility index (Phi) is 5.01. The molecule has 4 nitrogen and oxygen atoms in total. The maximum absolute atomic E-state index is 11.2. The second kappa shape index (κ2) is 6.53. The van der Waals surface area contributed by atoms with Crippen molar-refractivity contribution in [2.45, 2.75) is 70.0 Å². The molecule has 2 rings (SSSR count). The SMILES string of the molecule is CCCCN(CCC(NC1CC1)C(=O)O)C1CC1. The summed E-state index contributed by atoms with van der Waals surface area (Å²) in [5, 5.41) is 12.4. The van der Waals surface area contributed by atoms with E-state index >= 15 is 0 Å². The number of carboxylic acids is 1. The van der Waals surface area contributed by atoms with Crippen molar-refractivity contribution in [3.05, 3.63) is 0 Å². The summed E-state index contributed by atoms with van der Waals surface area (Å²) in [6.07, 6.45) is 8.08. The van der Waals surface area contributed by atoms with E-state index in [9.17, 15) is 9.90 Å². The first kappa shape index (κ1) is 13.8. The van der Waals surface area contributed by atoms with Crippen LogP contribution in [0.25, 0.3) is 0 Å². The Morgan fingerprint density at radius 2 is 2.06 bits per heavy atom. The van der Waals surface area contributed by atoms with Gasteiger partial charge in [-0.15, -0.1) is 0 Å². The van der Waals surface area contributed by atoms with Crippen molar-refractivity contribution in [3.63, 3.8) is 0 Å². The minimum absolute atomic E-state index is 0.347.